The Morgan fingerprint density at radius 3 is 2.60 bits per heavy atom. The molecule has 162 valence electrons. The Bertz CT molecular complexity index is 1100. The zero-order valence-electron chi connectivity index (χ0n) is 16.0. The number of hydrogen-bond acceptors (Lipinski definition) is 4. The minimum absolute atomic E-state index is 0.00762. The van der Waals surface area contributed by atoms with E-state index in [1.807, 2.05) is 6.92 Å². The molecule has 0 spiro atoms. The summed E-state index contributed by atoms with van der Waals surface area (Å²) in [6.07, 6.45) is -4.28. The third-order valence-electron chi connectivity index (χ3n) is 6.17. The third-order valence-corrected chi connectivity index (χ3v) is 6.17. The lowest BCUT2D eigenvalue weighted by molar-refractivity contribution is -0.200. The Hall–Kier alpha value is -2.62. The van der Waals surface area contributed by atoms with Crippen LogP contribution in [-0.4, -0.2) is 46.1 Å². The van der Waals surface area contributed by atoms with E-state index in [1.54, 1.807) is 4.57 Å². The molecule has 2 aliphatic rings. The fraction of sp³-hybridized carbons (Fsp3) is 0.500. The molecule has 1 aromatic carbocycles. The van der Waals surface area contributed by atoms with Gasteiger partial charge in [-0.3, -0.25) is 4.79 Å². The number of aryl methyl sites for hydroxylation is 1. The van der Waals surface area contributed by atoms with E-state index < -0.39 is 47.5 Å². The topological polar surface area (TPSA) is 82.8 Å². The molecular formula is C20H20F4N2O4. The van der Waals surface area contributed by atoms with Gasteiger partial charge < -0.3 is 19.7 Å². The predicted octanol–water partition coefficient (Wildman–Crippen LogP) is 3.10. The number of aromatic nitrogens is 1. The highest BCUT2D eigenvalue weighted by molar-refractivity contribution is 5.95. The normalized spacial score (nSPS) is 24.3. The number of aromatic carboxylic acids is 1. The lowest BCUT2D eigenvalue weighted by Crippen LogP contribution is -2.50. The summed E-state index contributed by atoms with van der Waals surface area (Å²) in [7, 11) is 0. The standard InChI is InChI=1S/C20H20F4N2O4/c1-9-2-3-10-16-11(18(28)12(19(29)30)7-26(9)16)6-14(21)17(10)25-5-4-15(27)13(8-25)20(22,23)24/h6-7,9,13,15,27H,2-5,8H2,1H3,(H,29,30)/t9-,13?,15?/m0/s1. The molecule has 0 saturated carbocycles. The Kier molecular flexibility index (Phi) is 4.80. The first kappa shape index (κ1) is 20.6. The van der Waals surface area contributed by atoms with Crippen molar-refractivity contribution in [1.29, 1.82) is 0 Å². The SMILES string of the molecule is C[C@H]1CCc2c(N3CCC(O)C(C(F)(F)F)C3)c(F)cc3c(=O)c(C(=O)O)cn1c23. The number of alkyl halides is 3. The van der Waals surface area contributed by atoms with Crippen molar-refractivity contribution in [2.24, 2.45) is 5.92 Å². The summed E-state index contributed by atoms with van der Waals surface area (Å²) >= 11 is 0. The molecule has 2 N–H and O–H groups in total. The molecule has 0 aliphatic carbocycles. The average molecular weight is 428 g/mol. The van der Waals surface area contributed by atoms with Crippen molar-refractivity contribution in [3.8, 4) is 0 Å². The molecule has 2 aliphatic heterocycles. The number of carbonyl (C=O) groups is 1. The second-order valence-electron chi connectivity index (χ2n) is 8.00. The fourth-order valence-electron chi connectivity index (χ4n) is 4.59. The molecule has 0 bridgehead atoms. The molecule has 10 heteroatoms. The van der Waals surface area contributed by atoms with Gasteiger partial charge in [-0.05, 0) is 32.3 Å². The largest absolute Gasteiger partial charge is 0.477 e. The van der Waals surface area contributed by atoms with Gasteiger partial charge >= 0.3 is 12.1 Å². The molecule has 1 saturated heterocycles. The van der Waals surface area contributed by atoms with Gasteiger partial charge in [0.15, 0.2) is 0 Å². The second kappa shape index (κ2) is 6.97. The van der Waals surface area contributed by atoms with Crippen molar-refractivity contribution < 1.29 is 32.6 Å². The lowest BCUT2D eigenvalue weighted by Gasteiger charge is -2.40. The quantitative estimate of drug-likeness (QED) is 0.719. The van der Waals surface area contributed by atoms with E-state index in [0.29, 0.717) is 23.9 Å². The predicted molar refractivity (Wildman–Crippen MR) is 101 cm³/mol. The highest BCUT2D eigenvalue weighted by Crippen LogP contribution is 2.41. The average Bonchev–Trinajstić information content (AvgIpc) is 2.65. The molecule has 2 aromatic rings. The molecule has 3 atom stereocenters. The maximum Gasteiger partial charge on any atom is 0.395 e. The van der Waals surface area contributed by atoms with Crippen LogP contribution in [0.15, 0.2) is 17.1 Å². The van der Waals surface area contributed by atoms with Crippen molar-refractivity contribution in [2.45, 2.75) is 44.5 Å². The van der Waals surface area contributed by atoms with Crippen LogP contribution in [0.1, 0.15) is 41.7 Å². The van der Waals surface area contributed by atoms with Crippen LogP contribution in [-0.2, 0) is 6.42 Å². The lowest BCUT2D eigenvalue weighted by atomic mass is 9.90. The summed E-state index contributed by atoms with van der Waals surface area (Å²) in [6.45, 7) is 1.28. The number of halogens is 4. The maximum atomic E-state index is 15.2. The number of hydrogen-bond donors (Lipinski definition) is 2. The summed E-state index contributed by atoms with van der Waals surface area (Å²) in [6, 6.07) is 0.758. The summed E-state index contributed by atoms with van der Waals surface area (Å²) < 4.78 is 56.8. The van der Waals surface area contributed by atoms with E-state index in [0.717, 1.165) is 6.07 Å². The smallest absolute Gasteiger partial charge is 0.395 e. The molecule has 1 aromatic heterocycles. The fourth-order valence-corrected chi connectivity index (χ4v) is 4.59. The molecule has 2 unspecified atom stereocenters. The number of benzene rings is 1. The number of piperidine rings is 1. The molecule has 0 amide bonds. The number of aliphatic hydroxyl groups excluding tert-OH is 1. The van der Waals surface area contributed by atoms with E-state index >= 15 is 4.39 Å². The number of anilines is 1. The summed E-state index contributed by atoms with van der Waals surface area (Å²) in [5.41, 5.74) is -0.555. The van der Waals surface area contributed by atoms with Crippen LogP contribution in [0.2, 0.25) is 0 Å². The van der Waals surface area contributed by atoms with E-state index in [-0.39, 0.29) is 30.1 Å². The van der Waals surface area contributed by atoms with Crippen LogP contribution >= 0.6 is 0 Å². The van der Waals surface area contributed by atoms with Crippen LogP contribution in [0, 0.1) is 11.7 Å². The van der Waals surface area contributed by atoms with Gasteiger partial charge in [-0.25, -0.2) is 9.18 Å². The highest BCUT2D eigenvalue weighted by Gasteiger charge is 2.47. The molecule has 1 fully saturated rings. The molecule has 0 radical (unpaired) electrons. The number of pyridine rings is 1. The third kappa shape index (κ3) is 3.13. The van der Waals surface area contributed by atoms with Crippen molar-refractivity contribution in [3.63, 3.8) is 0 Å². The monoisotopic (exact) mass is 428 g/mol. The molecule has 3 heterocycles. The summed E-state index contributed by atoms with van der Waals surface area (Å²) in [5.74, 6) is -4.30. The van der Waals surface area contributed by atoms with Crippen LogP contribution < -0.4 is 10.3 Å². The van der Waals surface area contributed by atoms with Gasteiger partial charge in [0.1, 0.15) is 11.4 Å². The number of carboxylic acid groups (broad SMARTS) is 1. The number of aliphatic hydroxyl groups is 1. The number of nitrogens with zero attached hydrogens (tertiary/aromatic N) is 2. The maximum absolute atomic E-state index is 15.2. The number of carboxylic acids is 1. The second-order valence-corrected chi connectivity index (χ2v) is 8.00. The Morgan fingerprint density at radius 2 is 1.97 bits per heavy atom. The van der Waals surface area contributed by atoms with Gasteiger partial charge in [0.25, 0.3) is 0 Å². The van der Waals surface area contributed by atoms with Crippen LogP contribution in [0.4, 0.5) is 23.2 Å². The van der Waals surface area contributed by atoms with Gasteiger partial charge in [-0.2, -0.15) is 13.2 Å². The van der Waals surface area contributed by atoms with E-state index in [9.17, 15) is 33.0 Å². The zero-order chi connectivity index (χ0) is 22.0. The van der Waals surface area contributed by atoms with Gasteiger partial charge in [0.05, 0.1) is 23.2 Å². The first-order valence-corrected chi connectivity index (χ1v) is 9.64. The zero-order valence-corrected chi connectivity index (χ0v) is 16.0. The van der Waals surface area contributed by atoms with Crippen molar-refractivity contribution >= 4 is 22.6 Å². The van der Waals surface area contributed by atoms with E-state index in [4.69, 9.17) is 0 Å². The van der Waals surface area contributed by atoms with Crippen molar-refractivity contribution in [3.05, 3.63) is 39.4 Å². The van der Waals surface area contributed by atoms with Crippen molar-refractivity contribution in [1.82, 2.24) is 4.57 Å². The Labute approximate surface area is 168 Å². The minimum atomic E-state index is -4.63. The summed E-state index contributed by atoms with van der Waals surface area (Å²) in [5, 5.41) is 19.0. The minimum Gasteiger partial charge on any atom is -0.477 e. The van der Waals surface area contributed by atoms with Gasteiger partial charge in [-0.1, -0.05) is 0 Å². The molecular weight excluding hydrogens is 408 g/mol. The highest BCUT2D eigenvalue weighted by atomic mass is 19.4. The molecule has 6 nitrogen and oxygen atoms in total. The van der Waals surface area contributed by atoms with E-state index in [2.05, 4.69) is 0 Å². The van der Waals surface area contributed by atoms with Gasteiger partial charge in [0, 0.05) is 36.3 Å². The Morgan fingerprint density at radius 1 is 1.27 bits per heavy atom. The van der Waals surface area contributed by atoms with Gasteiger partial charge in [-0.15, -0.1) is 0 Å². The van der Waals surface area contributed by atoms with Crippen LogP contribution in [0.5, 0.6) is 0 Å². The van der Waals surface area contributed by atoms with Crippen molar-refractivity contribution in [2.75, 3.05) is 18.0 Å². The van der Waals surface area contributed by atoms with E-state index in [1.165, 1.54) is 11.1 Å². The van der Waals surface area contributed by atoms with Crippen LogP contribution in [0.25, 0.3) is 10.9 Å². The number of rotatable bonds is 2. The first-order chi connectivity index (χ1) is 14.0. The Balaban J connectivity index is 1.93. The van der Waals surface area contributed by atoms with Crippen LogP contribution in [0.3, 0.4) is 0 Å². The summed E-state index contributed by atoms with van der Waals surface area (Å²) in [4.78, 5) is 25.4. The molecule has 30 heavy (non-hydrogen) atoms. The molecule has 4 rings (SSSR count). The first-order valence-electron chi connectivity index (χ1n) is 9.64. The van der Waals surface area contributed by atoms with Gasteiger partial charge in [0.2, 0.25) is 5.43 Å².